The highest BCUT2D eigenvalue weighted by Gasteiger charge is 2.16. The second-order valence-electron chi connectivity index (χ2n) is 8.74. The summed E-state index contributed by atoms with van der Waals surface area (Å²) in [7, 11) is 0. The Kier molecular flexibility index (Phi) is 9.26. The van der Waals surface area contributed by atoms with E-state index in [0.717, 1.165) is 11.8 Å². The van der Waals surface area contributed by atoms with Crippen LogP contribution in [-0.4, -0.2) is 24.9 Å². The first-order valence-corrected chi connectivity index (χ1v) is 10.9. The molecule has 0 unspecified atom stereocenters. The van der Waals surface area contributed by atoms with E-state index < -0.39 is 0 Å². The van der Waals surface area contributed by atoms with Crippen LogP contribution in [0.2, 0.25) is 0 Å². The number of hydrogen-bond donors (Lipinski definition) is 0. The van der Waals surface area contributed by atoms with Crippen molar-refractivity contribution in [2.45, 2.75) is 47.0 Å². The van der Waals surface area contributed by atoms with Crippen molar-refractivity contribution in [3.05, 3.63) is 77.1 Å². The summed E-state index contributed by atoms with van der Waals surface area (Å²) < 4.78 is 16.8. The lowest BCUT2D eigenvalue weighted by Crippen LogP contribution is -2.11. The fourth-order valence-electron chi connectivity index (χ4n) is 2.96. The van der Waals surface area contributed by atoms with Crippen LogP contribution in [-0.2, 0) is 10.2 Å². The predicted molar refractivity (Wildman–Crippen MR) is 132 cm³/mol. The third-order valence-electron chi connectivity index (χ3n) is 4.79. The highest BCUT2D eigenvalue weighted by molar-refractivity contribution is 6.08. The van der Waals surface area contributed by atoms with E-state index in [1.807, 2.05) is 45.0 Å². The smallest absolute Gasteiger partial charge is 0.189 e. The zero-order valence-corrected chi connectivity index (χ0v) is 20.2. The molecule has 2 aromatic carbocycles. The Balaban J connectivity index is 2.31. The van der Waals surface area contributed by atoms with Gasteiger partial charge in [0.05, 0.1) is 12.2 Å². The van der Waals surface area contributed by atoms with Gasteiger partial charge in [0.1, 0.15) is 23.9 Å². The van der Waals surface area contributed by atoms with Gasteiger partial charge in [0, 0.05) is 11.6 Å². The first-order valence-electron chi connectivity index (χ1n) is 10.9. The highest BCUT2D eigenvalue weighted by atomic mass is 16.5. The molecular formula is C28H32O5. The van der Waals surface area contributed by atoms with Gasteiger partial charge >= 0.3 is 0 Å². The largest absolute Gasteiger partial charge is 0.493 e. The Morgan fingerprint density at radius 3 is 2.42 bits per heavy atom. The number of carbonyl (C=O) groups is 1. The van der Waals surface area contributed by atoms with Gasteiger partial charge in [-0.15, -0.1) is 0 Å². The van der Waals surface area contributed by atoms with E-state index in [2.05, 4.69) is 20.8 Å². The molecule has 0 radical (unpaired) electrons. The van der Waals surface area contributed by atoms with E-state index in [1.54, 1.807) is 30.2 Å². The fourth-order valence-corrected chi connectivity index (χ4v) is 2.96. The number of allylic oxidation sites excluding steroid dienone is 2. The number of ketones is 1. The Hall–Kier alpha value is -3.56. The molecule has 0 spiro atoms. The molecule has 0 aliphatic heterocycles. The van der Waals surface area contributed by atoms with E-state index in [4.69, 9.17) is 14.2 Å². The molecule has 33 heavy (non-hydrogen) atoms. The van der Waals surface area contributed by atoms with E-state index in [0.29, 0.717) is 41.6 Å². The molecule has 2 rings (SSSR count). The Bertz CT molecular complexity index is 1080. The maximum atomic E-state index is 13.0. The normalized spacial score (nSPS) is 11.0. The summed E-state index contributed by atoms with van der Waals surface area (Å²) in [5.41, 5.74) is 3.22. The molecule has 0 aliphatic carbocycles. The van der Waals surface area contributed by atoms with Gasteiger partial charge in [-0.2, -0.15) is 0 Å². The molecule has 2 aromatic rings. The number of carbonyl (C=O) groups excluding carboxylic acids is 2. The molecule has 0 saturated carbocycles. The molecule has 0 atom stereocenters. The van der Waals surface area contributed by atoms with Crippen LogP contribution in [0, 0.1) is 0 Å². The van der Waals surface area contributed by atoms with E-state index in [-0.39, 0.29) is 11.2 Å². The first kappa shape index (κ1) is 25.7. The Morgan fingerprint density at radius 2 is 1.79 bits per heavy atom. The molecule has 5 nitrogen and oxygen atoms in total. The van der Waals surface area contributed by atoms with Gasteiger partial charge in [-0.3, -0.25) is 4.79 Å². The standard InChI is InChI=1S/C28H32O5/c1-7-31-27-19-23(32-16-14-20(2)3)11-12-24(27)25(30)13-9-21-8-10-22(28(4,5)6)18-26(21)33-17-15-29/h8-14,17-19H,7,16H2,1-6H3. The van der Waals surface area contributed by atoms with Gasteiger partial charge in [-0.25, -0.2) is 4.79 Å². The van der Waals surface area contributed by atoms with Crippen LogP contribution in [0.15, 0.2) is 60.4 Å². The second-order valence-corrected chi connectivity index (χ2v) is 8.74. The lowest BCUT2D eigenvalue weighted by Gasteiger charge is -2.20. The minimum absolute atomic E-state index is 0.0944. The zero-order valence-electron chi connectivity index (χ0n) is 20.2. The van der Waals surface area contributed by atoms with Crippen molar-refractivity contribution in [1.29, 1.82) is 0 Å². The van der Waals surface area contributed by atoms with Crippen LogP contribution in [0.3, 0.4) is 0 Å². The van der Waals surface area contributed by atoms with Crippen LogP contribution < -0.4 is 14.2 Å². The summed E-state index contributed by atoms with van der Waals surface area (Å²) in [4.78, 5) is 23.6. The fraction of sp³-hybridized carbons (Fsp3) is 0.321. The van der Waals surface area contributed by atoms with Crippen molar-refractivity contribution in [3.63, 3.8) is 0 Å². The van der Waals surface area contributed by atoms with Crippen LogP contribution in [0.1, 0.15) is 63.0 Å². The Morgan fingerprint density at radius 1 is 1.03 bits per heavy atom. The second kappa shape index (κ2) is 11.9. The summed E-state index contributed by atoms with van der Waals surface area (Å²) in [5.74, 6) is 2.97. The average molecular weight is 449 g/mol. The maximum absolute atomic E-state index is 13.0. The van der Waals surface area contributed by atoms with Gasteiger partial charge in [0.2, 0.25) is 0 Å². The van der Waals surface area contributed by atoms with Gasteiger partial charge < -0.3 is 14.2 Å². The third-order valence-corrected chi connectivity index (χ3v) is 4.79. The van der Waals surface area contributed by atoms with Gasteiger partial charge in [0.15, 0.2) is 18.0 Å². The van der Waals surface area contributed by atoms with Crippen LogP contribution >= 0.6 is 0 Å². The van der Waals surface area contributed by atoms with Crippen molar-refractivity contribution in [1.82, 2.24) is 0 Å². The molecule has 0 fully saturated rings. The monoisotopic (exact) mass is 448 g/mol. The molecule has 0 bridgehead atoms. The SMILES string of the molecule is CCOc1cc(OCC=C(C)C)ccc1C(=O)C=Cc1ccc(C(C)(C)C)cc1OC=C=O. The predicted octanol–water partition coefficient (Wildman–Crippen LogP) is 6.35. The van der Waals surface area contributed by atoms with Crippen molar-refractivity contribution in [2.75, 3.05) is 13.2 Å². The van der Waals surface area contributed by atoms with Crippen molar-refractivity contribution < 1.29 is 23.8 Å². The van der Waals surface area contributed by atoms with Gasteiger partial charge in [-0.05, 0) is 68.2 Å². The quantitative estimate of drug-likeness (QED) is 0.139. The molecule has 0 N–H and O–H groups in total. The number of ether oxygens (including phenoxy) is 3. The number of hydrogen-bond acceptors (Lipinski definition) is 5. The summed E-state index contributed by atoms with van der Waals surface area (Å²) in [6, 6.07) is 10.9. The lowest BCUT2D eigenvalue weighted by molar-refractivity contribution is 0.104. The van der Waals surface area contributed by atoms with E-state index in [1.165, 1.54) is 11.6 Å². The number of rotatable bonds is 10. The van der Waals surface area contributed by atoms with Crippen LogP contribution in [0.25, 0.3) is 6.08 Å². The minimum atomic E-state index is -0.217. The summed E-state index contributed by atoms with van der Waals surface area (Å²) in [6.07, 6.45) is 6.07. The maximum Gasteiger partial charge on any atom is 0.189 e. The van der Waals surface area contributed by atoms with Crippen molar-refractivity contribution in [3.8, 4) is 17.2 Å². The molecule has 0 heterocycles. The molecule has 0 aliphatic rings. The highest BCUT2D eigenvalue weighted by Crippen LogP contribution is 2.30. The summed E-state index contributed by atoms with van der Waals surface area (Å²) in [6.45, 7) is 13.0. The van der Waals surface area contributed by atoms with Crippen LogP contribution in [0.4, 0.5) is 0 Å². The first-order chi connectivity index (χ1) is 15.7. The van der Waals surface area contributed by atoms with Gasteiger partial charge in [-0.1, -0.05) is 38.5 Å². The molecular weight excluding hydrogens is 416 g/mol. The van der Waals surface area contributed by atoms with Gasteiger partial charge in [0.25, 0.3) is 0 Å². The molecule has 0 amide bonds. The number of benzene rings is 2. The molecule has 5 heteroatoms. The molecule has 0 aromatic heterocycles. The van der Waals surface area contributed by atoms with Crippen LogP contribution in [0.5, 0.6) is 17.2 Å². The Labute approximate surface area is 196 Å². The summed E-state index contributed by atoms with van der Waals surface area (Å²) >= 11 is 0. The zero-order chi connectivity index (χ0) is 24.4. The van der Waals surface area contributed by atoms with E-state index in [9.17, 15) is 9.59 Å². The summed E-state index contributed by atoms with van der Waals surface area (Å²) in [5, 5.41) is 0. The molecule has 174 valence electrons. The lowest BCUT2D eigenvalue weighted by atomic mass is 9.86. The van der Waals surface area contributed by atoms with E-state index >= 15 is 0 Å². The topological polar surface area (TPSA) is 61.8 Å². The average Bonchev–Trinajstić information content (AvgIpc) is 2.75. The van der Waals surface area contributed by atoms with Crippen molar-refractivity contribution in [2.24, 2.45) is 0 Å². The van der Waals surface area contributed by atoms with Crippen molar-refractivity contribution >= 4 is 17.8 Å². The minimum Gasteiger partial charge on any atom is -0.493 e. The molecule has 0 saturated heterocycles. The third kappa shape index (κ3) is 7.81.